The number of carbonyl (C=O) groups excluding carboxylic acids is 1. The van der Waals surface area contributed by atoms with E-state index in [2.05, 4.69) is 15.5 Å². The molecule has 0 aromatic heterocycles. The van der Waals surface area contributed by atoms with Gasteiger partial charge in [-0.3, -0.25) is 4.79 Å². The normalized spacial score (nSPS) is 23.8. The maximum absolute atomic E-state index is 12.7. The van der Waals surface area contributed by atoms with E-state index in [0.29, 0.717) is 12.1 Å². The molecule has 4 nitrogen and oxygen atoms in total. The van der Waals surface area contributed by atoms with Crippen LogP contribution in [-0.2, 0) is 0 Å². The number of aryl methyl sites for hydroxylation is 1. The van der Waals surface area contributed by atoms with Crippen LogP contribution in [0, 0.1) is 6.92 Å². The van der Waals surface area contributed by atoms with Crippen LogP contribution in [0.15, 0.2) is 54.6 Å². The summed E-state index contributed by atoms with van der Waals surface area (Å²) >= 11 is 5.76. The number of benzene rings is 2. The van der Waals surface area contributed by atoms with Crippen LogP contribution in [0.1, 0.15) is 48.0 Å². The van der Waals surface area contributed by atoms with Crippen molar-refractivity contribution in [2.75, 3.05) is 5.32 Å². The first-order valence-corrected chi connectivity index (χ1v) is 10.5. The van der Waals surface area contributed by atoms with Crippen molar-refractivity contribution < 1.29 is 4.79 Å². The Morgan fingerprint density at radius 1 is 1.00 bits per heavy atom. The van der Waals surface area contributed by atoms with Gasteiger partial charge in [-0.25, -0.2) is 0 Å². The zero-order valence-corrected chi connectivity index (χ0v) is 17.0. The van der Waals surface area contributed by atoms with Gasteiger partial charge in [-0.1, -0.05) is 36.4 Å². The molecule has 2 aliphatic heterocycles. The van der Waals surface area contributed by atoms with Crippen LogP contribution in [-0.4, -0.2) is 34.0 Å². The molecule has 0 spiro atoms. The molecule has 2 bridgehead atoms. The van der Waals surface area contributed by atoms with Gasteiger partial charge in [0.15, 0.2) is 5.11 Å². The molecule has 2 aliphatic rings. The highest BCUT2D eigenvalue weighted by Crippen LogP contribution is 2.35. The Labute approximate surface area is 172 Å². The van der Waals surface area contributed by atoms with Gasteiger partial charge in [0.1, 0.15) is 0 Å². The molecule has 2 N–H and O–H groups in total. The monoisotopic (exact) mass is 393 g/mol. The van der Waals surface area contributed by atoms with Crippen LogP contribution in [0.3, 0.4) is 0 Å². The Kier molecular flexibility index (Phi) is 5.62. The number of nitrogens with zero attached hydrogens (tertiary/aromatic N) is 1. The summed E-state index contributed by atoms with van der Waals surface area (Å²) in [6.07, 6.45) is 5.39. The summed E-state index contributed by atoms with van der Waals surface area (Å²) < 4.78 is 0. The summed E-state index contributed by atoms with van der Waals surface area (Å²) in [5.74, 6) is 0.0413. The molecule has 2 aromatic rings. The molecule has 0 saturated carbocycles. The topological polar surface area (TPSA) is 44.4 Å². The zero-order valence-electron chi connectivity index (χ0n) is 16.2. The maximum atomic E-state index is 12.7. The third-order valence-corrected chi connectivity index (χ3v) is 6.27. The summed E-state index contributed by atoms with van der Waals surface area (Å²) in [6, 6.07) is 18.9. The third-order valence-electron chi connectivity index (χ3n) is 5.96. The minimum Gasteiger partial charge on any atom is -0.349 e. The van der Waals surface area contributed by atoms with Crippen molar-refractivity contribution in [3.63, 3.8) is 0 Å². The summed E-state index contributed by atoms with van der Waals surface area (Å²) in [6.45, 7) is 1.99. The Morgan fingerprint density at radius 3 is 2.32 bits per heavy atom. The number of para-hydroxylation sites is 1. The van der Waals surface area contributed by atoms with Gasteiger partial charge < -0.3 is 15.5 Å². The molecular weight excluding hydrogens is 366 g/mol. The van der Waals surface area contributed by atoms with E-state index in [1.807, 2.05) is 61.5 Å². The molecule has 1 unspecified atom stereocenters. The number of piperidine rings is 2. The Bertz CT molecular complexity index is 840. The smallest absolute Gasteiger partial charge is 0.251 e. The predicted molar refractivity (Wildman–Crippen MR) is 118 cm³/mol. The zero-order chi connectivity index (χ0) is 19.5. The molecule has 0 radical (unpaired) electrons. The van der Waals surface area contributed by atoms with E-state index < -0.39 is 0 Å². The lowest BCUT2D eigenvalue weighted by molar-refractivity contribution is 0.0755. The standard InChI is InChI=1S/C23H27N3OS/c1-16-8-5-6-13-21(16)22(27)24-18-14-19-11-7-12-20(15-18)26(19)23(28)25-17-9-3-2-4-10-17/h2-6,8-10,13,18-20H,7,11-12,14-15H2,1H3,(H,24,27)(H,25,28)/t18?,19-,20+. The number of amides is 1. The molecule has 5 heteroatoms. The fourth-order valence-corrected chi connectivity index (χ4v) is 5.05. The third kappa shape index (κ3) is 4.04. The number of hydrogen-bond acceptors (Lipinski definition) is 2. The molecule has 3 atom stereocenters. The van der Waals surface area contributed by atoms with Crippen LogP contribution < -0.4 is 10.6 Å². The molecule has 146 valence electrons. The quantitative estimate of drug-likeness (QED) is 0.753. The average Bonchev–Trinajstić information content (AvgIpc) is 2.68. The Morgan fingerprint density at radius 2 is 1.64 bits per heavy atom. The molecule has 2 saturated heterocycles. The summed E-state index contributed by atoms with van der Waals surface area (Å²) in [5.41, 5.74) is 2.82. The van der Waals surface area contributed by atoms with E-state index in [1.165, 1.54) is 6.42 Å². The number of anilines is 1. The van der Waals surface area contributed by atoms with Crippen molar-refractivity contribution in [2.24, 2.45) is 0 Å². The van der Waals surface area contributed by atoms with E-state index in [-0.39, 0.29) is 11.9 Å². The molecule has 2 fully saturated rings. The van der Waals surface area contributed by atoms with Crippen molar-refractivity contribution >= 4 is 28.9 Å². The van der Waals surface area contributed by atoms with E-state index >= 15 is 0 Å². The van der Waals surface area contributed by atoms with Gasteiger partial charge in [-0.05, 0) is 75.0 Å². The molecule has 2 aromatic carbocycles. The van der Waals surface area contributed by atoms with Gasteiger partial charge >= 0.3 is 0 Å². The molecule has 4 rings (SSSR count). The average molecular weight is 394 g/mol. The number of carbonyl (C=O) groups is 1. The van der Waals surface area contributed by atoms with Crippen LogP contribution >= 0.6 is 12.2 Å². The highest BCUT2D eigenvalue weighted by Gasteiger charge is 2.40. The second kappa shape index (κ2) is 8.31. The largest absolute Gasteiger partial charge is 0.349 e. The fourth-order valence-electron chi connectivity index (χ4n) is 4.63. The molecule has 0 aliphatic carbocycles. The Hall–Kier alpha value is -2.40. The van der Waals surface area contributed by atoms with Crippen molar-refractivity contribution in [3.8, 4) is 0 Å². The van der Waals surface area contributed by atoms with Gasteiger partial charge in [0.05, 0.1) is 0 Å². The second-order valence-corrected chi connectivity index (χ2v) is 8.29. The van der Waals surface area contributed by atoms with Crippen LogP contribution in [0.2, 0.25) is 0 Å². The van der Waals surface area contributed by atoms with E-state index in [0.717, 1.165) is 47.6 Å². The van der Waals surface area contributed by atoms with Crippen LogP contribution in [0.25, 0.3) is 0 Å². The number of nitrogens with one attached hydrogen (secondary N) is 2. The van der Waals surface area contributed by atoms with Crippen LogP contribution in [0.5, 0.6) is 0 Å². The van der Waals surface area contributed by atoms with E-state index in [4.69, 9.17) is 12.2 Å². The number of thiocarbonyl (C=S) groups is 1. The van der Waals surface area contributed by atoms with Crippen molar-refractivity contribution in [1.29, 1.82) is 0 Å². The lowest BCUT2D eigenvalue weighted by Crippen LogP contribution is -2.59. The first kappa shape index (κ1) is 18.9. The summed E-state index contributed by atoms with van der Waals surface area (Å²) in [4.78, 5) is 15.1. The van der Waals surface area contributed by atoms with E-state index in [1.54, 1.807) is 0 Å². The SMILES string of the molecule is Cc1ccccc1C(=O)NC1C[C@H]2CCC[C@@H](C1)N2C(=S)Nc1ccccc1. The van der Waals surface area contributed by atoms with Crippen molar-refractivity contribution in [2.45, 2.75) is 57.2 Å². The predicted octanol–water partition coefficient (Wildman–Crippen LogP) is 4.51. The van der Waals surface area contributed by atoms with Gasteiger partial charge in [0, 0.05) is 29.4 Å². The highest BCUT2D eigenvalue weighted by molar-refractivity contribution is 7.80. The first-order chi connectivity index (χ1) is 13.6. The lowest BCUT2D eigenvalue weighted by Gasteiger charge is -2.50. The van der Waals surface area contributed by atoms with E-state index in [9.17, 15) is 4.79 Å². The van der Waals surface area contributed by atoms with Gasteiger partial charge in [-0.2, -0.15) is 0 Å². The number of rotatable bonds is 3. The molecular formula is C23H27N3OS. The molecule has 28 heavy (non-hydrogen) atoms. The van der Waals surface area contributed by atoms with Gasteiger partial charge in [-0.15, -0.1) is 0 Å². The molecule has 2 heterocycles. The second-order valence-electron chi connectivity index (χ2n) is 7.90. The fraction of sp³-hybridized carbons (Fsp3) is 0.391. The van der Waals surface area contributed by atoms with Crippen LogP contribution in [0.4, 0.5) is 5.69 Å². The number of hydrogen-bond donors (Lipinski definition) is 2. The summed E-state index contributed by atoms with van der Waals surface area (Å²) in [5, 5.41) is 7.49. The summed E-state index contributed by atoms with van der Waals surface area (Å²) in [7, 11) is 0. The highest BCUT2D eigenvalue weighted by atomic mass is 32.1. The molecule has 1 amide bonds. The minimum atomic E-state index is 0.0413. The Balaban J connectivity index is 1.42. The minimum absolute atomic E-state index is 0.0413. The lowest BCUT2D eigenvalue weighted by atomic mass is 9.82. The van der Waals surface area contributed by atoms with Gasteiger partial charge in [0.2, 0.25) is 0 Å². The first-order valence-electron chi connectivity index (χ1n) is 10.1. The van der Waals surface area contributed by atoms with Crippen molar-refractivity contribution in [1.82, 2.24) is 10.2 Å². The maximum Gasteiger partial charge on any atom is 0.251 e. The van der Waals surface area contributed by atoms with Gasteiger partial charge in [0.25, 0.3) is 5.91 Å². The number of fused-ring (bicyclic) bond motifs is 2. The van der Waals surface area contributed by atoms with Crippen molar-refractivity contribution in [3.05, 3.63) is 65.7 Å².